The predicted molar refractivity (Wildman–Crippen MR) is 77.7 cm³/mol. The molecule has 2 atom stereocenters. The van der Waals surface area contributed by atoms with Crippen LogP contribution in [0.25, 0.3) is 0 Å². The highest BCUT2D eigenvalue weighted by molar-refractivity contribution is 7.88. The monoisotopic (exact) mass is 306 g/mol. The molecule has 7 heteroatoms. The normalized spacial score (nSPS) is 22.8. The van der Waals surface area contributed by atoms with Crippen LogP contribution in [-0.2, 0) is 14.8 Å². The summed E-state index contributed by atoms with van der Waals surface area (Å²) < 4.78 is 24.8. The van der Waals surface area contributed by atoms with Crippen molar-refractivity contribution in [3.8, 4) is 0 Å². The molecule has 0 aromatic carbocycles. The molecular formula is C13H26N2O4S. The van der Waals surface area contributed by atoms with Gasteiger partial charge in [-0.2, -0.15) is 4.31 Å². The Morgan fingerprint density at radius 3 is 2.55 bits per heavy atom. The van der Waals surface area contributed by atoms with Gasteiger partial charge in [-0.25, -0.2) is 8.42 Å². The molecule has 1 fully saturated rings. The van der Waals surface area contributed by atoms with Crippen LogP contribution in [-0.4, -0.2) is 55.2 Å². The number of hydrogen-bond donors (Lipinski definition) is 2. The molecule has 0 aromatic heterocycles. The lowest BCUT2D eigenvalue weighted by Crippen LogP contribution is -2.54. The summed E-state index contributed by atoms with van der Waals surface area (Å²) in [6, 6.07) is -0.741. The van der Waals surface area contributed by atoms with Gasteiger partial charge in [0, 0.05) is 19.2 Å². The molecule has 6 nitrogen and oxygen atoms in total. The van der Waals surface area contributed by atoms with Crippen molar-refractivity contribution in [1.29, 1.82) is 0 Å². The maximum atomic E-state index is 12.3. The lowest BCUT2D eigenvalue weighted by atomic mass is 9.99. The molecule has 0 bridgehead atoms. The van der Waals surface area contributed by atoms with Crippen LogP contribution in [0.15, 0.2) is 0 Å². The number of rotatable bonds is 6. The fourth-order valence-electron chi connectivity index (χ4n) is 2.55. The van der Waals surface area contributed by atoms with E-state index in [0.717, 1.165) is 19.1 Å². The molecular weight excluding hydrogens is 280 g/mol. The van der Waals surface area contributed by atoms with Gasteiger partial charge >= 0.3 is 0 Å². The molecule has 1 heterocycles. The van der Waals surface area contributed by atoms with Crippen molar-refractivity contribution in [2.24, 2.45) is 5.92 Å². The van der Waals surface area contributed by atoms with Gasteiger partial charge in [-0.3, -0.25) is 4.79 Å². The maximum Gasteiger partial charge on any atom is 0.238 e. The number of aliphatic hydroxyl groups excluding tert-OH is 1. The summed E-state index contributed by atoms with van der Waals surface area (Å²) in [5, 5.41) is 11.9. The number of carbonyl (C=O) groups is 1. The van der Waals surface area contributed by atoms with Crippen LogP contribution in [0.2, 0.25) is 0 Å². The van der Waals surface area contributed by atoms with Crippen molar-refractivity contribution in [3.63, 3.8) is 0 Å². The number of nitrogens with zero attached hydrogens (tertiary/aromatic N) is 1. The van der Waals surface area contributed by atoms with Crippen LogP contribution < -0.4 is 5.32 Å². The van der Waals surface area contributed by atoms with Crippen LogP contribution in [0.5, 0.6) is 0 Å². The Kier molecular flexibility index (Phi) is 6.42. The van der Waals surface area contributed by atoms with E-state index in [1.165, 1.54) is 4.31 Å². The highest BCUT2D eigenvalue weighted by atomic mass is 32.2. The fraction of sp³-hybridized carbons (Fsp3) is 0.923. The second-order valence-electron chi connectivity index (χ2n) is 5.76. The van der Waals surface area contributed by atoms with Crippen molar-refractivity contribution < 1.29 is 18.3 Å². The third kappa shape index (κ3) is 4.71. The Hall–Kier alpha value is -0.660. The maximum absolute atomic E-state index is 12.3. The van der Waals surface area contributed by atoms with Gasteiger partial charge in [0.1, 0.15) is 6.04 Å². The minimum absolute atomic E-state index is 0.00356. The van der Waals surface area contributed by atoms with Gasteiger partial charge in [0.2, 0.25) is 15.9 Å². The summed E-state index contributed by atoms with van der Waals surface area (Å²) in [6.45, 7) is 4.35. The number of nitrogens with one attached hydrogen (secondary N) is 1. The quantitative estimate of drug-likeness (QED) is 0.740. The highest BCUT2D eigenvalue weighted by Crippen LogP contribution is 2.20. The van der Waals surface area contributed by atoms with E-state index in [9.17, 15) is 13.2 Å². The van der Waals surface area contributed by atoms with E-state index in [2.05, 4.69) is 5.32 Å². The number of carbonyl (C=O) groups excluding carboxylic acids is 1. The van der Waals surface area contributed by atoms with E-state index in [4.69, 9.17) is 5.11 Å². The van der Waals surface area contributed by atoms with Crippen molar-refractivity contribution in [2.45, 2.75) is 51.6 Å². The molecule has 1 aliphatic heterocycles. The summed E-state index contributed by atoms with van der Waals surface area (Å²) >= 11 is 0. The van der Waals surface area contributed by atoms with Gasteiger partial charge in [-0.1, -0.05) is 20.3 Å². The SMILES string of the molecule is CC(C)C(CCO)NC(=O)C1CCCCN1S(C)(=O)=O. The van der Waals surface area contributed by atoms with Crippen molar-refractivity contribution >= 4 is 15.9 Å². The van der Waals surface area contributed by atoms with E-state index in [-0.39, 0.29) is 24.5 Å². The van der Waals surface area contributed by atoms with Crippen molar-refractivity contribution in [2.75, 3.05) is 19.4 Å². The third-order valence-electron chi connectivity index (χ3n) is 3.75. The van der Waals surface area contributed by atoms with Crippen LogP contribution in [0.3, 0.4) is 0 Å². The van der Waals surface area contributed by atoms with Crippen LogP contribution in [0.1, 0.15) is 39.5 Å². The first-order valence-electron chi connectivity index (χ1n) is 7.15. The zero-order valence-corrected chi connectivity index (χ0v) is 13.3. The average Bonchev–Trinajstić information content (AvgIpc) is 2.37. The first-order chi connectivity index (χ1) is 9.27. The number of amides is 1. The van der Waals surface area contributed by atoms with Crippen molar-refractivity contribution in [1.82, 2.24) is 9.62 Å². The molecule has 1 aliphatic rings. The van der Waals surface area contributed by atoms with Gasteiger partial charge in [0.05, 0.1) is 6.26 Å². The molecule has 1 saturated heterocycles. The topological polar surface area (TPSA) is 86.7 Å². The zero-order valence-electron chi connectivity index (χ0n) is 12.5. The molecule has 118 valence electrons. The summed E-state index contributed by atoms with van der Waals surface area (Å²) in [5.41, 5.74) is 0. The van der Waals surface area contributed by atoms with Crippen LogP contribution in [0, 0.1) is 5.92 Å². The Morgan fingerprint density at radius 2 is 2.05 bits per heavy atom. The minimum Gasteiger partial charge on any atom is -0.396 e. The molecule has 0 aliphatic carbocycles. The van der Waals surface area contributed by atoms with Crippen LogP contribution in [0.4, 0.5) is 0 Å². The molecule has 0 radical (unpaired) electrons. The second-order valence-corrected chi connectivity index (χ2v) is 7.69. The van der Waals surface area contributed by atoms with E-state index in [1.807, 2.05) is 13.8 Å². The van der Waals surface area contributed by atoms with E-state index < -0.39 is 16.1 Å². The molecule has 1 amide bonds. The van der Waals surface area contributed by atoms with Gasteiger partial charge in [-0.15, -0.1) is 0 Å². The van der Waals surface area contributed by atoms with E-state index >= 15 is 0 Å². The molecule has 2 unspecified atom stereocenters. The number of piperidine rings is 1. The van der Waals surface area contributed by atoms with Gasteiger partial charge < -0.3 is 10.4 Å². The Balaban J connectivity index is 2.77. The summed E-state index contributed by atoms with van der Waals surface area (Å²) in [7, 11) is -3.37. The number of sulfonamides is 1. The first kappa shape index (κ1) is 17.4. The largest absolute Gasteiger partial charge is 0.396 e. The summed E-state index contributed by atoms with van der Waals surface area (Å²) in [5.74, 6) is -0.0522. The molecule has 20 heavy (non-hydrogen) atoms. The standard InChI is InChI=1S/C13H26N2O4S/c1-10(2)11(7-9-16)14-13(17)12-6-4-5-8-15(12)20(3,18)19/h10-12,16H,4-9H2,1-3H3,(H,14,17). The number of hydrogen-bond acceptors (Lipinski definition) is 4. The number of aliphatic hydroxyl groups is 1. The molecule has 2 N–H and O–H groups in total. The summed E-state index contributed by atoms with van der Waals surface area (Å²) in [6.07, 6.45) is 3.83. The van der Waals surface area contributed by atoms with E-state index in [1.54, 1.807) is 0 Å². The first-order valence-corrected chi connectivity index (χ1v) is 9.00. The average molecular weight is 306 g/mol. The molecule has 0 aromatic rings. The third-order valence-corrected chi connectivity index (χ3v) is 5.04. The molecule has 0 saturated carbocycles. The Bertz CT molecular complexity index is 422. The van der Waals surface area contributed by atoms with Crippen LogP contribution >= 0.6 is 0 Å². The Morgan fingerprint density at radius 1 is 1.40 bits per heavy atom. The molecule has 1 rings (SSSR count). The lowest BCUT2D eigenvalue weighted by Gasteiger charge is -2.34. The molecule has 0 spiro atoms. The highest BCUT2D eigenvalue weighted by Gasteiger charge is 2.35. The smallest absolute Gasteiger partial charge is 0.238 e. The zero-order chi connectivity index (χ0) is 15.3. The van der Waals surface area contributed by atoms with Gasteiger partial charge in [-0.05, 0) is 25.2 Å². The minimum atomic E-state index is -3.37. The predicted octanol–water partition coefficient (Wildman–Crippen LogP) is 0.324. The second kappa shape index (κ2) is 7.38. The van der Waals surface area contributed by atoms with E-state index in [0.29, 0.717) is 19.4 Å². The Labute approximate surface area is 121 Å². The van der Waals surface area contributed by atoms with Gasteiger partial charge in [0.15, 0.2) is 0 Å². The van der Waals surface area contributed by atoms with Crippen molar-refractivity contribution in [3.05, 3.63) is 0 Å². The van der Waals surface area contributed by atoms with Gasteiger partial charge in [0.25, 0.3) is 0 Å². The fourth-order valence-corrected chi connectivity index (χ4v) is 3.68. The lowest BCUT2D eigenvalue weighted by molar-refractivity contribution is -0.126. The summed E-state index contributed by atoms with van der Waals surface area (Å²) in [4.78, 5) is 12.3.